The molecule has 2 nitrogen and oxygen atoms in total. The van der Waals surface area contributed by atoms with Crippen LogP contribution in [0.1, 0.15) is 37.4 Å². The Labute approximate surface area is 139 Å². The normalized spacial score (nSPS) is 12.0. The van der Waals surface area contributed by atoms with Crippen LogP contribution in [-0.2, 0) is 0 Å². The fourth-order valence-electron chi connectivity index (χ4n) is 2.48. The lowest BCUT2D eigenvalue weighted by Crippen LogP contribution is -2.33. The summed E-state index contributed by atoms with van der Waals surface area (Å²) in [6.45, 7) is 6.54. The zero-order valence-electron chi connectivity index (χ0n) is 13.5. The number of benzene rings is 2. The molecule has 2 aromatic carbocycles. The number of aryl methyl sites for hydroxylation is 1. The van der Waals surface area contributed by atoms with Gasteiger partial charge in [-0.3, -0.25) is 0 Å². The Balaban J connectivity index is 2.05. The molecule has 1 atom stereocenters. The van der Waals surface area contributed by atoms with Gasteiger partial charge in [-0.05, 0) is 54.7 Å². The second-order valence-corrected chi connectivity index (χ2v) is 6.47. The van der Waals surface area contributed by atoms with Gasteiger partial charge in [-0.15, -0.1) is 0 Å². The van der Waals surface area contributed by atoms with E-state index >= 15 is 0 Å². The fourth-order valence-corrected chi connectivity index (χ4v) is 2.74. The molecule has 2 aromatic rings. The number of thiocarbonyl (C=S) groups is 1. The maximum atomic E-state index is 5.49. The Bertz CT molecular complexity index is 608. The molecule has 0 amide bonds. The molecule has 0 aromatic heterocycles. The van der Waals surface area contributed by atoms with E-state index in [2.05, 4.69) is 67.8 Å². The van der Waals surface area contributed by atoms with Crippen molar-refractivity contribution >= 4 is 23.0 Å². The Hall–Kier alpha value is -1.87. The summed E-state index contributed by atoms with van der Waals surface area (Å²) < 4.78 is 0. The van der Waals surface area contributed by atoms with Gasteiger partial charge in [0.1, 0.15) is 0 Å². The molecule has 0 fully saturated rings. The molecule has 0 spiro atoms. The van der Waals surface area contributed by atoms with Crippen LogP contribution in [0.4, 0.5) is 5.69 Å². The minimum absolute atomic E-state index is 0.228. The molecule has 0 aliphatic heterocycles. The van der Waals surface area contributed by atoms with Crippen molar-refractivity contribution < 1.29 is 0 Å². The fraction of sp³-hybridized carbons (Fsp3) is 0.316. The molecule has 0 aliphatic rings. The molecule has 3 heteroatoms. The van der Waals surface area contributed by atoms with Gasteiger partial charge in [-0.25, -0.2) is 0 Å². The second kappa shape index (κ2) is 7.95. The van der Waals surface area contributed by atoms with Gasteiger partial charge < -0.3 is 10.6 Å². The standard InChI is InChI=1S/C19H24N2S/c1-14(2)12-18(16-9-5-4-6-10-16)21-19(22)20-17-11-7-8-15(3)13-17/h4-11,13-14,18H,12H2,1-3H3,(H2,20,21,22)/t18-/m1/s1. The first-order valence-electron chi connectivity index (χ1n) is 7.73. The predicted molar refractivity (Wildman–Crippen MR) is 99.2 cm³/mol. The Morgan fingerprint density at radius 3 is 2.41 bits per heavy atom. The van der Waals surface area contributed by atoms with Gasteiger partial charge in [-0.2, -0.15) is 0 Å². The summed E-state index contributed by atoms with van der Waals surface area (Å²) in [6.07, 6.45) is 1.04. The summed E-state index contributed by atoms with van der Waals surface area (Å²) in [6, 6.07) is 18.9. The first kappa shape index (κ1) is 16.5. The van der Waals surface area contributed by atoms with Gasteiger partial charge >= 0.3 is 0 Å². The van der Waals surface area contributed by atoms with Gasteiger partial charge in [0.05, 0.1) is 6.04 Å². The average Bonchev–Trinajstić information content (AvgIpc) is 2.47. The van der Waals surface area contributed by atoms with E-state index in [0.717, 1.165) is 12.1 Å². The largest absolute Gasteiger partial charge is 0.356 e. The lowest BCUT2D eigenvalue weighted by Gasteiger charge is -2.23. The van der Waals surface area contributed by atoms with Crippen LogP contribution in [0.3, 0.4) is 0 Å². The molecule has 2 rings (SSSR count). The molecular formula is C19H24N2S. The number of hydrogen-bond acceptors (Lipinski definition) is 1. The molecule has 22 heavy (non-hydrogen) atoms. The lowest BCUT2D eigenvalue weighted by atomic mass is 9.97. The van der Waals surface area contributed by atoms with E-state index in [0.29, 0.717) is 11.0 Å². The Morgan fingerprint density at radius 1 is 1.05 bits per heavy atom. The molecule has 0 unspecified atom stereocenters. The molecule has 0 radical (unpaired) electrons. The van der Waals surface area contributed by atoms with Crippen molar-refractivity contribution in [1.82, 2.24) is 5.32 Å². The zero-order chi connectivity index (χ0) is 15.9. The van der Waals surface area contributed by atoms with E-state index in [9.17, 15) is 0 Å². The van der Waals surface area contributed by atoms with Crippen LogP contribution < -0.4 is 10.6 Å². The molecule has 2 N–H and O–H groups in total. The third-order valence-corrected chi connectivity index (χ3v) is 3.71. The first-order chi connectivity index (χ1) is 10.5. The van der Waals surface area contributed by atoms with Crippen molar-refractivity contribution in [2.75, 3.05) is 5.32 Å². The van der Waals surface area contributed by atoms with Crippen LogP contribution in [0.25, 0.3) is 0 Å². The highest BCUT2D eigenvalue weighted by molar-refractivity contribution is 7.80. The molecule has 0 saturated carbocycles. The van der Waals surface area contributed by atoms with Crippen molar-refractivity contribution in [1.29, 1.82) is 0 Å². The smallest absolute Gasteiger partial charge is 0.171 e. The minimum Gasteiger partial charge on any atom is -0.356 e. The van der Waals surface area contributed by atoms with Crippen molar-refractivity contribution in [2.45, 2.75) is 33.2 Å². The van der Waals surface area contributed by atoms with Crippen LogP contribution in [0.2, 0.25) is 0 Å². The van der Waals surface area contributed by atoms with Gasteiger partial charge in [0.25, 0.3) is 0 Å². The summed E-state index contributed by atoms with van der Waals surface area (Å²) in [4.78, 5) is 0. The Morgan fingerprint density at radius 2 is 1.77 bits per heavy atom. The van der Waals surface area contributed by atoms with Crippen LogP contribution in [0, 0.1) is 12.8 Å². The van der Waals surface area contributed by atoms with E-state index in [1.54, 1.807) is 0 Å². The predicted octanol–water partition coefficient (Wildman–Crippen LogP) is 5.07. The molecular weight excluding hydrogens is 288 g/mol. The quantitative estimate of drug-likeness (QED) is 0.754. The monoisotopic (exact) mass is 312 g/mol. The maximum Gasteiger partial charge on any atom is 0.171 e. The summed E-state index contributed by atoms with van der Waals surface area (Å²) in [5, 5.41) is 7.40. The highest BCUT2D eigenvalue weighted by Gasteiger charge is 2.14. The van der Waals surface area contributed by atoms with Crippen molar-refractivity contribution in [2.24, 2.45) is 5.92 Å². The molecule has 0 heterocycles. The van der Waals surface area contributed by atoms with Gasteiger partial charge in [0, 0.05) is 5.69 Å². The van der Waals surface area contributed by atoms with E-state index in [4.69, 9.17) is 12.2 Å². The highest BCUT2D eigenvalue weighted by atomic mass is 32.1. The molecule has 0 bridgehead atoms. The van der Waals surface area contributed by atoms with E-state index in [-0.39, 0.29) is 6.04 Å². The topological polar surface area (TPSA) is 24.1 Å². The van der Waals surface area contributed by atoms with E-state index in [1.165, 1.54) is 11.1 Å². The zero-order valence-corrected chi connectivity index (χ0v) is 14.3. The summed E-state index contributed by atoms with van der Waals surface area (Å²) in [7, 11) is 0. The van der Waals surface area contributed by atoms with Gasteiger partial charge in [0.2, 0.25) is 0 Å². The van der Waals surface area contributed by atoms with Crippen molar-refractivity contribution in [3.63, 3.8) is 0 Å². The molecule has 116 valence electrons. The number of hydrogen-bond donors (Lipinski definition) is 2. The third kappa shape index (κ3) is 5.15. The lowest BCUT2D eigenvalue weighted by molar-refractivity contribution is 0.481. The highest BCUT2D eigenvalue weighted by Crippen LogP contribution is 2.21. The van der Waals surface area contributed by atoms with Crippen LogP contribution in [0.15, 0.2) is 54.6 Å². The third-order valence-electron chi connectivity index (χ3n) is 3.49. The van der Waals surface area contributed by atoms with Crippen molar-refractivity contribution in [3.8, 4) is 0 Å². The maximum absolute atomic E-state index is 5.49. The number of anilines is 1. The van der Waals surface area contributed by atoms with Crippen LogP contribution >= 0.6 is 12.2 Å². The SMILES string of the molecule is Cc1cccc(NC(=S)N[C@H](CC(C)C)c2ccccc2)c1. The van der Waals surface area contributed by atoms with Crippen molar-refractivity contribution in [3.05, 3.63) is 65.7 Å². The first-order valence-corrected chi connectivity index (χ1v) is 8.14. The number of rotatable bonds is 5. The molecule has 0 saturated heterocycles. The Kier molecular flexibility index (Phi) is 5.96. The number of nitrogens with one attached hydrogen (secondary N) is 2. The average molecular weight is 312 g/mol. The summed E-state index contributed by atoms with van der Waals surface area (Å²) in [5.41, 5.74) is 3.51. The van der Waals surface area contributed by atoms with E-state index < -0.39 is 0 Å². The summed E-state index contributed by atoms with van der Waals surface area (Å²) in [5.74, 6) is 0.597. The summed E-state index contributed by atoms with van der Waals surface area (Å²) >= 11 is 5.49. The van der Waals surface area contributed by atoms with E-state index in [1.807, 2.05) is 18.2 Å². The van der Waals surface area contributed by atoms with Crippen LogP contribution in [-0.4, -0.2) is 5.11 Å². The molecule has 0 aliphatic carbocycles. The van der Waals surface area contributed by atoms with Gasteiger partial charge in [0.15, 0.2) is 5.11 Å². The second-order valence-electron chi connectivity index (χ2n) is 6.06. The van der Waals surface area contributed by atoms with Gasteiger partial charge in [-0.1, -0.05) is 56.3 Å². The minimum atomic E-state index is 0.228. The van der Waals surface area contributed by atoms with Crippen LogP contribution in [0.5, 0.6) is 0 Å².